The quantitative estimate of drug-likeness (QED) is 0.771. The molecule has 0 heterocycles. The van der Waals surface area contributed by atoms with Crippen molar-refractivity contribution in [3.8, 4) is 11.5 Å². The maximum absolute atomic E-state index is 9.98. The van der Waals surface area contributed by atoms with Crippen LogP contribution in [0.2, 0.25) is 0 Å². The van der Waals surface area contributed by atoms with Gasteiger partial charge in [0.2, 0.25) is 0 Å². The van der Waals surface area contributed by atoms with Crippen molar-refractivity contribution in [2.45, 2.75) is 26.7 Å². The summed E-state index contributed by atoms with van der Waals surface area (Å²) in [4.78, 5) is 0. The van der Waals surface area contributed by atoms with E-state index in [0.29, 0.717) is 11.7 Å². The molecule has 0 aliphatic carbocycles. The van der Waals surface area contributed by atoms with Gasteiger partial charge >= 0.3 is 0 Å². The molecule has 1 rings (SSSR count). The van der Waals surface area contributed by atoms with Gasteiger partial charge in [-0.1, -0.05) is 26.0 Å². The Kier molecular flexibility index (Phi) is 4.41. The van der Waals surface area contributed by atoms with E-state index < -0.39 is 0 Å². The van der Waals surface area contributed by atoms with E-state index in [1.165, 1.54) is 0 Å². The minimum atomic E-state index is 0.268. The molecular weight excluding hydrogens is 200 g/mol. The van der Waals surface area contributed by atoms with Gasteiger partial charge in [-0.3, -0.25) is 0 Å². The van der Waals surface area contributed by atoms with Gasteiger partial charge in [0.05, 0.1) is 7.11 Å². The van der Waals surface area contributed by atoms with Crippen LogP contribution in [0, 0.1) is 5.92 Å². The molecule has 2 nitrogen and oxygen atoms in total. The molecule has 0 saturated heterocycles. The van der Waals surface area contributed by atoms with E-state index in [1.807, 2.05) is 18.2 Å². The summed E-state index contributed by atoms with van der Waals surface area (Å²) in [6, 6.07) is 3.89. The number of ether oxygens (including phenoxy) is 1. The van der Waals surface area contributed by atoms with Crippen LogP contribution >= 0.6 is 0 Å². The van der Waals surface area contributed by atoms with E-state index in [1.54, 1.807) is 7.11 Å². The van der Waals surface area contributed by atoms with Crippen molar-refractivity contribution < 1.29 is 9.84 Å². The first-order valence-corrected chi connectivity index (χ1v) is 5.58. The molecule has 0 aliphatic heterocycles. The molecule has 88 valence electrons. The molecule has 16 heavy (non-hydrogen) atoms. The highest BCUT2D eigenvalue weighted by Crippen LogP contribution is 2.33. The Morgan fingerprint density at radius 1 is 1.44 bits per heavy atom. The van der Waals surface area contributed by atoms with Crippen LogP contribution < -0.4 is 4.74 Å². The first-order valence-electron chi connectivity index (χ1n) is 5.58. The molecule has 1 aromatic rings. The summed E-state index contributed by atoms with van der Waals surface area (Å²) in [7, 11) is 1.58. The summed E-state index contributed by atoms with van der Waals surface area (Å²) in [6.07, 6.45) is 3.50. The first kappa shape index (κ1) is 12.6. The van der Waals surface area contributed by atoms with Crippen molar-refractivity contribution in [1.82, 2.24) is 0 Å². The molecule has 1 aromatic carbocycles. The van der Waals surface area contributed by atoms with Crippen LogP contribution in [0.4, 0.5) is 0 Å². The molecule has 1 N–H and O–H groups in total. The number of rotatable bonds is 5. The summed E-state index contributed by atoms with van der Waals surface area (Å²) < 4.78 is 5.17. The Hall–Kier alpha value is -1.44. The van der Waals surface area contributed by atoms with E-state index >= 15 is 0 Å². The number of benzene rings is 1. The van der Waals surface area contributed by atoms with Gasteiger partial charge in [0.1, 0.15) is 0 Å². The van der Waals surface area contributed by atoms with Crippen molar-refractivity contribution >= 4 is 0 Å². The second-order valence-electron chi connectivity index (χ2n) is 4.40. The summed E-state index contributed by atoms with van der Waals surface area (Å²) >= 11 is 0. The van der Waals surface area contributed by atoms with Crippen LogP contribution in [0.25, 0.3) is 0 Å². The lowest BCUT2D eigenvalue weighted by atomic mass is 9.98. The zero-order chi connectivity index (χ0) is 12.1. The molecule has 0 fully saturated rings. The average Bonchev–Trinajstić information content (AvgIpc) is 2.22. The van der Waals surface area contributed by atoms with Crippen molar-refractivity contribution in [1.29, 1.82) is 0 Å². The van der Waals surface area contributed by atoms with Crippen LogP contribution in [0.1, 0.15) is 25.0 Å². The number of hydrogen-bond acceptors (Lipinski definition) is 2. The van der Waals surface area contributed by atoms with Crippen molar-refractivity contribution in [2.24, 2.45) is 5.92 Å². The minimum absolute atomic E-state index is 0.268. The lowest BCUT2D eigenvalue weighted by Gasteiger charge is -2.13. The molecule has 0 unspecified atom stereocenters. The predicted molar refractivity (Wildman–Crippen MR) is 67.1 cm³/mol. The smallest absolute Gasteiger partial charge is 0.161 e. The Balaban J connectivity index is 3.12. The lowest BCUT2D eigenvalue weighted by molar-refractivity contribution is 0.368. The average molecular weight is 220 g/mol. The van der Waals surface area contributed by atoms with Crippen LogP contribution in [0.15, 0.2) is 24.8 Å². The minimum Gasteiger partial charge on any atom is -0.504 e. The lowest BCUT2D eigenvalue weighted by Crippen LogP contribution is -1.98. The van der Waals surface area contributed by atoms with E-state index in [0.717, 1.165) is 24.0 Å². The van der Waals surface area contributed by atoms with Crippen molar-refractivity contribution in [3.63, 3.8) is 0 Å². The Morgan fingerprint density at radius 2 is 2.12 bits per heavy atom. The molecule has 0 atom stereocenters. The highest BCUT2D eigenvalue weighted by Gasteiger charge is 2.11. The number of allylic oxidation sites excluding steroid dienone is 1. The third kappa shape index (κ3) is 3.02. The van der Waals surface area contributed by atoms with Crippen LogP contribution in [0.5, 0.6) is 11.5 Å². The molecule has 2 heteroatoms. The van der Waals surface area contributed by atoms with Crippen LogP contribution in [0.3, 0.4) is 0 Å². The standard InChI is InChI=1S/C14H20O2/c1-5-6-11-8-12(7-10(2)3)14(15)13(9-11)16-4/h5,8-10,15H,1,6-7H2,2-4H3. The van der Waals surface area contributed by atoms with Crippen molar-refractivity contribution in [3.05, 3.63) is 35.9 Å². The molecule has 0 aromatic heterocycles. The molecule has 0 amide bonds. The maximum Gasteiger partial charge on any atom is 0.161 e. The van der Waals surface area contributed by atoms with Gasteiger partial charge in [0.25, 0.3) is 0 Å². The Morgan fingerprint density at radius 3 is 2.62 bits per heavy atom. The van der Waals surface area contributed by atoms with Gasteiger partial charge in [-0.2, -0.15) is 0 Å². The summed E-state index contributed by atoms with van der Waals surface area (Å²) in [5.41, 5.74) is 2.08. The van der Waals surface area contributed by atoms with E-state index in [9.17, 15) is 5.11 Å². The molecule has 0 saturated carbocycles. The topological polar surface area (TPSA) is 29.5 Å². The fourth-order valence-corrected chi connectivity index (χ4v) is 1.76. The van der Waals surface area contributed by atoms with E-state index in [2.05, 4.69) is 20.4 Å². The Bertz CT molecular complexity index is 367. The zero-order valence-electron chi connectivity index (χ0n) is 10.3. The fourth-order valence-electron chi connectivity index (χ4n) is 1.76. The number of phenolic OH excluding ortho intramolecular Hbond substituents is 1. The molecule has 0 spiro atoms. The summed E-state index contributed by atoms with van der Waals surface area (Å²) in [6.45, 7) is 7.98. The van der Waals surface area contributed by atoms with Gasteiger partial charge in [-0.25, -0.2) is 0 Å². The van der Waals surface area contributed by atoms with Gasteiger partial charge in [-0.15, -0.1) is 6.58 Å². The highest BCUT2D eigenvalue weighted by atomic mass is 16.5. The summed E-state index contributed by atoms with van der Waals surface area (Å²) in [5.74, 6) is 1.33. The fraction of sp³-hybridized carbons (Fsp3) is 0.429. The maximum atomic E-state index is 9.98. The van der Waals surface area contributed by atoms with E-state index in [-0.39, 0.29) is 5.75 Å². The van der Waals surface area contributed by atoms with Crippen molar-refractivity contribution in [2.75, 3.05) is 7.11 Å². The number of methoxy groups -OCH3 is 1. The predicted octanol–water partition coefficient (Wildman–Crippen LogP) is 3.33. The van der Waals surface area contributed by atoms with Gasteiger partial charge in [-0.05, 0) is 36.0 Å². The number of phenols is 1. The largest absolute Gasteiger partial charge is 0.504 e. The third-order valence-corrected chi connectivity index (χ3v) is 2.44. The van der Waals surface area contributed by atoms with Crippen LogP contribution in [-0.4, -0.2) is 12.2 Å². The van der Waals surface area contributed by atoms with E-state index in [4.69, 9.17) is 4.74 Å². The number of aromatic hydroxyl groups is 1. The SMILES string of the molecule is C=CCc1cc(CC(C)C)c(O)c(OC)c1. The normalized spacial score (nSPS) is 10.5. The second-order valence-corrected chi connectivity index (χ2v) is 4.40. The molecule has 0 bridgehead atoms. The monoisotopic (exact) mass is 220 g/mol. The molecular formula is C14H20O2. The van der Waals surface area contributed by atoms with Gasteiger partial charge in [0, 0.05) is 0 Å². The molecule has 0 aliphatic rings. The van der Waals surface area contributed by atoms with Crippen LogP contribution in [-0.2, 0) is 12.8 Å². The zero-order valence-corrected chi connectivity index (χ0v) is 10.3. The second kappa shape index (κ2) is 5.59. The number of hydrogen-bond donors (Lipinski definition) is 1. The van der Waals surface area contributed by atoms with Gasteiger partial charge in [0.15, 0.2) is 11.5 Å². The van der Waals surface area contributed by atoms with Gasteiger partial charge < -0.3 is 9.84 Å². The first-order chi connectivity index (χ1) is 7.58. The summed E-state index contributed by atoms with van der Waals surface area (Å²) in [5, 5.41) is 9.98. The highest BCUT2D eigenvalue weighted by molar-refractivity contribution is 5.49. The third-order valence-electron chi connectivity index (χ3n) is 2.44. The Labute approximate surface area is 97.6 Å². The molecule has 0 radical (unpaired) electrons.